The van der Waals surface area contributed by atoms with E-state index in [1.807, 2.05) is 0 Å². The van der Waals surface area contributed by atoms with Gasteiger partial charge in [0.15, 0.2) is 6.29 Å². The largest absolute Gasteiger partial charge is 0.457 e. The third-order valence-electron chi connectivity index (χ3n) is 9.33. The van der Waals surface area contributed by atoms with Crippen LogP contribution in [-0.4, -0.2) is 97.5 Å². The molecule has 13 heteroatoms. The first-order valence-corrected chi connectivity index (χ1v) is 22.0. The van der Waals surface area contributed by atoms with Crippen LogP contribution >= 0.6 is 0 Å². The molecule has 0 amide bonds. The van der Waals surface area contributed by atoms with E-state index in [1.165, 1.54) is 77.0 Å². The van der Waals surface area contributed by atoms with Crippen molar-refractivity contribution in [2.45, 2.75) is 198 Å². The van der Waals surface area contributed by atoms with Gasteiger partial charge in [0.2, 0.25) is 0 Å². The number of esters is 1. The molecular weight excluding hydrogens is 704 g/mol. The zero-order chi connectivity index (χ0) is 39.0. The molecule has 4 N–H and O–H groups in total. The van der Waals surface area contributed by atoms with Crippen molar-refractivity contribution in [2.75, 3.05) is 26.4 Å². The van der Waals surface area contributed by atoms with Gasteiger partial charge < -0.3 is 34.3 Å². The minimum absolute atomic E-state index is 0.0314. The fourth-order valence-corrected chi connectivity index (χ4v) is 6.68. The van der Waals surface area contributed by atoms with Crippen molar-refractivity contribution in [1.29, 1.82) is 0 Å². The summed E-state index contributed by atoms with van der Waals surface area (Å²) in [5, 5.41) is 30.5. The summed E-state index contributed by atoms with van der Waals surface area (Å²) in [7, 11) is -5.06. The van der Waals surface area contributed by atoms with E-state index < -0.39 is 59.8 Å². The first-order chi connectivity index (χ1) is 25.6. The molecule has 1 rings (SSSR count). The molecule has 6 atom stereocenters. The van der Waals surface area contributed by atoms with Gasteiger partial charge in [-0.15, -0.1) is 0 Å². The van der Waals surface area contributed by atoms with Gasteiger partial charge in [-0.1, -0.05) is 134 Å². The summed E-state index contributed by atoms with van der Waals surface area (Å²) in [6.07, 6.45) is 25.1. The lowest BCUT2D eigenvalue weighted by atomic mass is 9.99. The predicted molar refractivity (Wildman–Crippen MR) is 207 cm³/mol. The second-order valence-electron chi connectivity index (χ2n) is 14.2. The lowest BCUT2D eigenvalue weighted by Crippen LogP contribution is -2.60. The molecule has 0 saturated carbocycles. The zero-order valence-corrected chi connectivity index (χ0v) is 33.6. The summed E-state index contributed by atoms with van der Waals surface area (Å²) < 4.78 is 58.8. The van der Waals surface area contributed by atoms with E-state index in [4.69, 9.17) is 23.5 Å². The van der Waals surface area contributed by atoms with Crippen LogP contribution < -0.4 is 0 Å². The highest BCUT2D eigenvalue weighted by atomic mass is 32.3. The Kier molecular flexibility index (Phi) is 30.7. The summed E-state index contributed by atoms with van der Waals surface area (Å²) >= 11 is 0. The van der Waals surface area contributed by atoms with Crippen molar-refractivity contribution in [2.24, 2.45) is 0 Å². The van der Waals surface area contributed by atoms with Crippen LogP contribution in [0.25, 0.3) is 0 Å². The average molecular weight is 779 g/mol. The number of aliphatic hydroxyl groups excluding tert-OH is 3. The third-order valence-corrected chi connectivity index (χ3v) is 9.79. The Hall–Kier alpha value is -1.42. The summed E-state index contributed by atoms with van der Waals surface area (Å²) in [5.74, 6) is -0.407. The highest BCUT2D eigenvalue weighted by molar-refractivity contribution is 7.80. The van der Waals surface area contributed by atoms with Gasteiger partial charge in [-0.3, -0.25) is 9.35 Å². The lowest BCUT2D eigenvalue weighted by Gasteiger charge is -2.41. The minimum Gasteiger partial charge on any atom is -0.457 e. The Labute approximate surface area is 321 Å². The number of ether oxygens (including phenoxy) is 4. The van der Waals surface area contributed by atoms with Gasteiger partial charge in [0.25, 0.3) is 0 Å². The smallest absolute Gasteiger partial charge is 0.397 e. The topological polar surface area (TPSA) is 178 Å². The zero-order valence-electron chi connectivity index (χ0n) is 32.8. The summed E-state index contributed by atoms with van der Waals surface area (Å²) in [5.41, 5.74) is 0. The van der Waals surface area contributed by atoms with Crippen molar-refractivity contribution in [3.05, 3.63) is 24.3 Å². The molecule has 0 aromatic rings. The fraction of sp³-hybridized carbons (Fsp3) is 0.875. The van der Waals surface area contributed by atoms with Crippen LogP contribution in [0.2, 0.25) is 0 Å². The Morgan fingerprint density at radius 2 is 1.25 bits per heavy atom. The van der Waals surface area contributed by atoms with Crippen LogP contribution in [-0.2, 0) is 38.3 Å². The third kappa shape index (κ3) is 26.9. The van der Waals surface area contributed by atoms with Gasteiger partial charge in [0, 0.05) is 13.0 Å². The Bertz CT molecular complexity index is 1040. The molecule has 53 heavy (non-hydrogen) atoms. The summed E-state index contributed by atoms with van der Waals surface area (Å²) in [4.78, 5) is 12.7. The van der Waals surface area contributed by atoms with Crippen molar-refractivity contribution in [1.82, 2.24) is 0 Å². The quantitative estimate of drug-likeness (QED) is 0.0214. The second kappa shape index (κ2) is 32.8. The Morgan fingerprint density at radius 1 is 0.717 bits per heavy atom. The monoisotopic (exact) mass is 778 g/mol. The number of carbonyl (C=O) groups is 1. The van der Waals surface area contributed by atoms with Crippen molar-refractivity contribution in [3.8, 4) is 0 Å². The summed E-state index contributed by atoms with van der Waals surface area (Å²) in [6.45, 7) is 3.91. The normalized spacial score (nSPS) is 21.5. The fourth-order valence-electron chi connectivity index (χ4n) is 6.17. The van der Waals surface area contributed by atoms with Crippen LogP contribution in [0.15, 0.2) is 24.3 Å². The standard InChI is InChI=1S/C40H74O12S/c1-3-5-7-9-11-13-14-15-16-17-18-19-20-22-24-26-28-30-48-32-34(50-36(42)29-27-25-23-21-12-10-8-6-4-2)33-49-40-38(44)39(52-53(45,46)47)37(43)35(31-41)51-40/h13-14,16-17,34-35,37-41,43-44H,3-12,15,18-33H2,1-2H3,(H,45,46,47)/b14-13-,17-16-. The maximum Gasteiger partial charge on any atom is 0.397 e. The molecule has 6 unspecified atom stereocenters. The molecule has 0 aliphatic carbocycles. The van der Waals surface area contributed by atoms with Gasteiger partial charge in [0.1, 0.15) is 30.5 Å². The van der Waals surface area contributed by atoms with Gasteiger partial charge >= 0.3 is 16.4 Å². The van der Waals surface area contributed by atoms with Crippen LogP contribution in [0.4, 0.5) is 0 Å². The predicted octanol–water partition coefficient (Wildman–Crippen LogP) is 7.68. The molecule has 0 radical (unpaired) electrons. The van der Waals surface area contributed by atoms with Gasteiger partial charge in [-0.2, -0.15) is 8.42 Å². The number of carbonyl (C=O) groups excluding carboxylic acids is 1. The molecule has 1 aliphatic rings. The number of hydrogen-bond acceptors (Lipinski definition) is 11. The molecule has 1 heterocycles. The molecule has 0 spiro atoms. The highest BCUT2D eigenvalue weighted by Gasteiger charge is 2.48. The lowest BCUT2D eigenvalue weighted by molar-refractivity contribution is -0.301. The molecule has 312 valence electrons. The second-order valence-corrected chi connectivity index (χ2v) is 15.3. The number of allylic oxidation sites excluding steroid dienone is 4. The molecular formula is C40H74O12S. The number of unbranched alkanes of at least 4 members (excludes halogenated alkanes) is 18. The number of hydrogen-bond donors (Lipinski definition) is 4. The van der Waals surface area contributed by atoms with E-state index in [2.05, 4.69) is 42.3 Å². The van der Waals surface area contributed by atoms with E-state index >= 15 is 0 Å². The molecule has 1 aliphatic heterocycles. The van der Waals surface area contributed by atoms with E-state index in [0.29, 0.717) is 13.0 Å². The Balaban J connectivity index is 2.45. The SMILES string of the molecule is CCCCCC/C=C\C/C=C\CCCCCCCCOCC(COC1OC(CO)C(O)C(OS(=O)(=O)O)C1O)OC(=O)CCCCCCCCCCC. The van der Waals surface area contributed by atoms with Crippen LogP contribution in [0.1, 0.15) is 162 Å². The average Bonchev–Trinajstić information content (AvgIpc) is 3.12. The number of rotatable bonds is 35. The minimum atomic E-state index is -5.06. The van der Waals surface area contributed by atoms with Crippen LogP contribution in [0, 0.1) is 0 Å². The van der Waals surface area contributed by atoms with Crippen LogP contribution in [0.3, 0.4) is 0 Å². The van der Waals surface area contributed by atoms with Gasteiger partial charge in [-0.25, -0.2) is 4.18 Å². The first kappa shape index (κ1) is 49.6. The molecule has 0 aromatic heterocycles. The van der Waals surface area contributed by atoms with Crippen molar-refractivity contribution >= 4 is 16.4 Å². The van der Waals surface area contributed by atoms with E-state index in [0.717, 1.165) is 57.8 Å². The van der Waals surface area contributed by atoms with E-state index in [9.17, 15) is 28.5 Å². The summed E-state index contributed by atoms with van der Waals surface area (Å²) in [6, 6.07) is 0. The van der Waals surface area contributed by atoms with Gasteiger partial charge in [-0.05, 0) is 44.9 Å². The Morgan fingerprint density at radius 3 is 1.81 bits per heavy atom. The first-order valence-electron chi connectivity index (χ1n) is 20.6. The maximum absolute atomic E-state index is 12.7. The molecule has 1 fully saturated rings. The van der Waals surface area contributed by atoms with Gasteiger partial charge in [0.05, 0.1) is 19.8 Å². The molecule has 1 saturated heterocycles. The van der Waals surface area contributed by atoms with Crippen molar-refractivity contribution < 1.29 is 56.2 Å². The van der Waals surface area contributed by atoms with E-state index in [1.54, 1.807) is 0 Å². The molecule has 0 bridgehead atoms. The number of aliphatic hydroxyl groups is 3. The molecule has 12 nitrogen and oxygen atoms in total. The maximum atomic E-state index is 12.7. The van der Waals surface area contributed by atoms with E-state index in [-0.39, 0.29) is 19.6 Å². The highest BCUT2D eigenvalue weighted by Crippen LogP contribution is 2.26. The van der Waals surface area contributed by atoms with Crippen molar-refractivity contribution in [3.63, 3.8) is 0 Å². The molecule has 0 aromatic carbocycles. The van der Waals surface area contributed by atoms with Crippen LogP contribution in [0.5, 0.6) is 0 Å².